The van der Waals surface area contributed by atoms with Crippen LogP contribution in [0.1, 0.15) is 68.9 Å². The van der Waals surface area contributed by atoms with E-state index in [-0.39, 0.29) is 6.09 Å². The van der Waals surface area contributed by atoms with Crippen LogP contribution in [0.5, 0.6) is 0 Å². The van der Waals surface area contributed by atoms with Gasteiger partial charge in [0, 0.05) is 26.2 Å². The molecule has 2 saturated heterocycles. The minimum atomic E-state index is -0.310. The molecule has 0 radical (unpaired) electrons. The van der Waals surface area contributed by atoms with Crippen molar-refractivity contribution in [3.63, 3.8) is 0 Å². The number of hydroxylamine groups is 2. The lowest BCUT2D eigenvalue weighted by molar-refractivity contribution is -0.134. The third kappa shape index (κ3) is 5.95. The molecule has 29 heavy (non-hydrogen) atoms. The zero-order chi connectivity index (χ0) is 19.9. The number of benzene rings is 1. The van der Waals surface area contributed by atoms with Gasteiger partial charge in [-0.2, -0.15) is 0 Å². The topological polar surface area (TPSA) is 44.8 Å². The molecule has 1 saturated carbocycles. The fourth-order valence-electron chi connectivity index (χ4n) is 5.32. The van der Waals surface area contributed by atoms with E-state index in [9.17, 15) is 4.79 Å². The van der Waals surface area contributed by atoms with Crippen LogP contribution in [0, 0.1) is 5.41 Å². The lowest BCUT2D eigenvalue weighted by Crippen LogP contribution is -2.43. The molecule has 5 nitrogen and oxygen atoms in total. The van der Waals surface area contributed by atoms with Gasteiger partial charge in [-0.3, -0.25) is 4.90 Å². The SMILES string of the molecule is O=C(NCCc1ccc(CN2CCCC2)cc1)ON1CCC2(CCCCC2)CC1. The molecule has 1 spiro atoms. The second-order valence-corrected chi connectivity index (χ2v) is 9.34. The molecule has 1 aromatic carbocycles. The summed E-state index contributed by atoms with van der Waals surface area (Å²) >= 11 is 0. The fraction of sp³-hybridized carbons (Fsp3) is 0.708. The van der Waals surface area contributed by atoms with Gasteiger partial charge in [0.1, 0.15) is 0 Å². The van der Waals surface area contributed by atoms with E-state index in [1.54, 1.807) is 0 Å². The first-order valence-electron chi connectivity index (χ1n) is 11.7. The number of likely N-dealkylation sites (tertiary alicyclic amines) is 1. The minimum absolute atomic E-state index is 0.310. The summed E-state index contributed by atoms with van der Waals surface area (Å²) < 4.78 is 0. The van der Waals surface area contributed by atoms with Crippen LogP contribution in [-0.4, -0.2) is 48.8 Å². The summed E-state index contributed by atoms with van der Waals surface area (Å²) in [6.45, 7) is 5.89. The second kappa shape index (κ2) is 9.94. The molecule has 4 rings (SSSR count). The summed E-state index contributed by atoms with van der Waals surface area (Å²) in [5, 5.41) is 4.78. The highest BCUT2D eigenvalue weighted by molar-refractivity contribution is 5.66. The van der Waals surface area contributed by atoms with Crippen LogP contribution in [0.25, 0.3) is 0 Å². The molecule has 1 aromatic rings. The number of carbonyl (C=O) groups is 1. The third-order valence-electron chi connectivity index (χ3n) is 7.22. The smallest absolute Gasteiger partial charge is 0.351 e. The maximum atomic E-state index is 12.1. The van der Waals surface area contributed by atoms with Gasteiger partial charge in [0.15, 0.2) is 0 Å². The Balaban J connectivity index is 1.12. The zero-order valence-electron chi connectivity index (χ0n) is 17.8. The molecule has 0 aromatic heterocycles. The first-order chi connectivity index (χ1) is 14.2. The van der Waals surface area contributed by atoms with Gasteiger partial charge in [-0.15, -0.1) is 5.06 Å². The van der Waals surface area contributed by atoms with Crippen LogP contribution >= 0.6 is 0 Å². The van der Waals surface area contributed by atoms with Crippen molar-refractivity contribution >= 4 is 6.09 Å². The average Bonchev–Trinajstić information content (AvgIpc) is 3.25. The number of hydrogen-bond acceptors (Lipinski definition) is 4. The Morgan fingerprint density at radius 1 is 0.862 bits per heavy atom. The lowest BCUT2D eigenvalue weighted by Gasteiger charge is -2.43. The van der Waals surface area contributed by atoms with E-state index < -0.39 is 0 Å². The zero-order valence-corrected chi connectivity index (χ0v) is 17.8. The molecule has 1 aliphatic carbocycles. The molecule has 0 bridgehead atoms. The van der Waals surface area contributed by atoms with Crippen LogP contribution in [0.4, 0.5) is 4.79 Å². The summed E-state index contributed by atoms with van der Waals surface area (Å²) in [5.74, 6) is 0. The van der Waals surface area contributed by atoms with Gasteiger partial charge < -0.3 is 10.2 Å². The van der Waals surface area contributed by atoms with Crippen LogP contribution in [-0.2, 0) is 17.8 Å². The van der Waals surface area contributed by atoms with Crippen molar-refractivity contribution in [3.05, 3.63) is 35.4 Å². The molecule has 5 heteroatoms. The van der Waals surface area contributed by atoms with E-state index in [1.165, 1.54) is 82.0 Å². The largest absolute Gasteiger partial charge is 0.426 e. The Bertz CT molecular complexity index is 639. The Morgan fingerprint density at radius 2 is 1.52 bits per heavy atom. The Kier molecular flexibility index (Phi) is 7.09. The van der Waals surface area contributed by atoms with Gasteiger partial charge in [-0.25, -0.2) is 4.79 Å². The Morgan fingerprint density at radius 3 is 2.21 bits per heavy atom. The Labute approximate surface area is 175 Å². The highest BCUT2D eigenvalue weighted by Crippen LogP contribution is 2.44. The summed E-state index contributed by atoms with van der Waals surface area (Å²) in [4.78, 5) is 20.2. The quantitative estimate of drug-likeness (QED) is 0.764. The standard InChI is InChI=1S/C24H37N3O2/c28-23(29-27-18-13-24(14-19-27)11-2-1-3-12-24)25-15-10-21-6-8-22(9-7-21)20-26-16-4-5-17-26/h6-9H,1-5,10-20H2,(H,25,28). The number of amides is 1. The monoisotopic (exact) mass is 399 g/mol. The first-order valence-corrected chi connectivity index (χ1v) is 11.7. The molecule has 2 aliphatic heterocycles. The maximum Gasteiger partial charge on any atom is 0.426 e. The van der Waals surface area contributed by atoms with E-state index in [0.717, 1.165) is 26.1 Å². The number of nitrogens with one attached hydrogen (secondary N) is 1. The van der Waals surface area contributed by atoms with Gasteiger partial charge in [-0.05, 0) is 74.6 Å². The van der Waals surface area contributed by atoms with Gasteiger partial charge in [0.25, 0.3) is 0 Å². The Hall–Kier alpha value is -1.59. The predicted molar refractivity (Wildman–Crippen MR) is 115 cm³/mol. The highest BCUT2D eigenvalue weighted by Gasteiger charge is 2.36. The number of nitrogens with zero attached hydrogens (tertiary/aromatic N) is 2. The van der Waals surface area contributed by atoms with E-state index in [2.05, 4.69) is 34.5 Å². The van der Waals surface area contributed by atoms with Gasteiger partial charge >= 0.3 is 6.09 Å². The van der Waals surface area contributed by atoms with Gasteiger partial charge in [0.05, 0.1) is 0 Å². The van der Waals surface area contributed by atoms with Crippen molar-refractivity contribution in [2.75, 3.05) is 32.7 Å². The molecule has 2 heterocycles. The fourth-order valence-corrected chi connectivity index (χ4v) is 5.32. The van der Waals surface area contributed by atoms with Gasteiger partial charge in [-0.1, -0.05) is 43.5 Å². The number of carbonyl (C=O) groups excluding carboxylic acids is 1. The van der Waals surface area contributed by atoms with Crippen molar-refractivity contribution in [3.8, 4) is 0 Å². The van der Waals surface area contributed by atoms with E-state index >= 15 is 0 Å². The normalized spacial score (nSPS) is 22.6. The van der Waals surface area contributed by atoms with Gasteiger partial charge in [0.2, 0.25) is 0 Å². The molecular weight excluding hydrogens is 362 g/mol. The summed E-state index contributed by atoms with van der Waals surface area (Å²) in [6.07, 6.45) is 12.4. The van der Waals surface area contributed by atoms with Crippen LogP contribution in [0.3, 0.4) is 0 Å². The molecule has 1 N–H and O–H groups in total. The van der Waals surface area contributed by atoms with E-state index in [0.29, 0.717) is 12.0 Å². The summed E-state index contributed by atoms with van der Waals surface area (Å²) in [7, 11) is 0. The molecule has 3 aliphatic rings. The summed E-state index contributed by atoms with van der Waals surface area (Å²) in [6, 6.07) is 8.82. The van der Waals surface area contributed by atoms with Crippen molar-refractivity contribution in [1.82, 2.24) is 15.3 Å². The average molecular weight is 400 g/mol. The molecule has 0 atom stereocenters. The maximum absolute atomic E-state index is 12.1. The van der Waals surface area contributed by atoms with Crippen LogP contribution < -0.4 is 5.32 Å². The summed E-state index contributed by atoms with van der Waals surface area (Å²) in [5.41, 5.74) is 3.17. The molecule has 1 amide bonds. The van der Waals surface area contributed by atoms with E-state index in [4.69, 9.17) is 4.84 Å². The molecule has 3 fully saturated rings. The molecule has 160 valence electrons. The van der Waals surface area contributed by atoms with Crippen molar-refractivity contribution in [1.29, 1.82) is 0 Å². The predicted octanol–water partition coefficient (Wildman–Crippen LogP) is 4.51. The molecular formula is C24H37N3O2. The van der Waals surface area contributed by atoms with Crippen LogP contribution in [0.2, 0.25) is 0 Å². The van der Waals surface area contributed by atoms with Crippen molar-refractivity contribution < 1.29 is 9.63 Å². The van der Waals surface area contributed by atoms with E-state index in [1.807, 2.05) is 5.06 Å². The van der Waals surface area contributed by atoms with Crippen molar-refractivity contribution in [2.24, 2.45) is 5.41 Å². The second-order valence-electron chi connectivity index (χ2n) is 9.34. The minimum Gasteiger partial charge on any atom is -0.351 e. The third-order valence-corrected chi connectivity index (χ3v) is 7.22. The van der Waals surface area contributed by atoms with Crippen molar-refractivity contribution in [2.45, 2.75) is 70.8 Å². The number of rotatable bonds is 6. The first kappa shape index (κ1) is 20.7. The highest BCUT2D eigenvalue weighted by atomic mass is 16.7. The van der Waals surface area contributed by atoms with Crippen LogP contribution in [0.15, 0.2) is 24.3 Å². The molecule has 0 unspecified atom stereocenters. The number of hydrogen-bond donors (Lipinski definition) is 1. The number of piperidine rings is 1. The lowest BCUT2D eigenvalue weighted by atomic mass is 9.68.